The van der Waals surface area contributed by atoms with Crippen LogP contribution in [0.1, 0.15) is 235 Å². The smallest absolute Gasteiger partial charge is 0.156 e. The number of aryl methyl sites for hydroxylation is 14. The minimum atomic E-state index is 0.711. The van der Waals surface area contributed by atoms with Gasteiger partial charge in [0.1, 0.15) is 61.6 Å². The minimum Gasteiger partial charge on any atom is -0.342 e. The van der Waals surface area contributed by atoms with Crippen molar-refractivity contribution in [2.45, 2.75) is 249 Å². The van der Waals surface area contributed by atoms with Crippen LogP contribution in [0.4, 0.5) is 0 Å². The van der Waals surface area contributed by atoms with Gasteiger partial charge < -0.3 is 9.09 Å². The molecule has 29 heteroatoms. The average Bonchev–Trinajstić information content (AvgIpc) is 1.82. The Morgan fingerprint density at radius 1 is 0.257 bits per heavy atom. The van der Waals surface area contributed by atoms with Crippen molar-refractivity contribution in [3.8, 4) is 0 Å². The molecule has 0 spiro atoms. The van der Waals surface area contributed by atoms with Crippen molar-refractivity contribution >= 4 is 0 Å². The Kier molecular flexibility index (Phi) is 134. The monoisotopic (exact) mass is 1570 g/mol. The fourth-order valence-corrected chi connectivity index (χ4v) is 4.54. The number of hydrogen-bond acceptors (Lipinski definition) is 27. The molecule has 0 N–H and O–H groups in total. The van der Waals surface area contributed by atoms with Gasteiger partial charge in [-0.15, -0.1) is 25.5 Å². The van der Waals surface area contributed by atoms with Crippen LogP contribution < -0.4 is 0 Å². The van der Waals surface area contributed by atoms with Crippen LogP contribution in [0.15, 0.2) is 215 Å². The lowest BCUT2D eigenvalue weighted by Gasteiger charge is -1.82. The first-order valence-electron chi connectivity index (χ1n) is 38.7. The summed E-state index contributed by atoms with van der Waals surface area (Å²) >= 11 is 0. The lowest BCUT2D eigenvalue weighted by atomic mass is 10.4. The third kappa shape index (κ3) is 114. The molecular formula is C84H148N28O. The standard InChI is InChI=1S/2C6H7N.6C5H6N2.2C4H5N3.C4H6N2O.2C3H5N3.12C2H6/c2*1-6-4-2-3-5-7-6;1-5-2-6-4-7-3-5;1-5-4-6-2-3-7-5;1-5-2-3-6-4-7-5;1-5-2-3-6-7-4-5;1-5-6-3-2-4-7-5;1-5-3-2-4-6-7-5;1-4-2-5-3-6-7-4;1-4-5-2-3-6-7-4;1-3-4(2)7-6-5-3;1-6-2-4-5-3-6;1-6-3-4-2-5-6;12*1-2/h2*2-5H,1H3;6*2-4H,1H3;2*2-3H,1H3;1-2H3;2*2-3H,1H3;12*1-2H3. The summed E-state index contributed by atoms with van der Waals surface area (Å²) in [4.78, 5) is 49.8. The topological polar surface area (TPSA) is 358 Å². The van der Waals surface area contributed by atoms with E-state index in [0.717, 1.165) is 62.6 Å². The van der Waals surface area contributed by atoms with Crippen LogP contribution in [0, 0.1) is 83.1 Å². The highest BCUT2D eigenvalue weighted by Gasteiger charge is 1.93. The van der Waals surface area contributed by atoms with Crippen LogP contribution in [0.25, 0.3) is 0 Å². The molecule has 630 valence electrons. The Hall–Kier alpha value is -11.8. The largest absolute Gasteiger partial charge is 0.342 e. The van der Waals surface area contributed by atoms with Gasteiger partial charge in [-0.1, -0.05) is 178 Å². The summed E-state index contributed by atoms with van der Waals surface area (Å²) < 4.78 is 8.02. The van der Waals surface area contributed by atoms with E-state index in [2.05, 4.69) is 136 Å². The molecule has 0 atom stereocenters. The summed E-state index contributed by atoms with van der Waals surface area (Å²) in [6.07, 6.45) is 38.1. The van der Waals surface area contributed by atoms with Gasteiger partial charge in [0, 0.05) is 117 Å². The number of aromatic nitrogens is 28. The highest BCUT2D eigenvalue weighted by molar-refractivity contribution is 5.02. The molecule has 0 amide bonds. The second-order valence-corrected chi connectivity index (χ2v) is 17.2. The van der Waals surface area contributed by atoms with Gasteiger partial charge in [-0.3, -0.25) is 24.6 Å². The third-order valence-corrected chi connectivity index (χ3v) is 9.01. The molecule has 0 aliphatic heterocycles. The Morgan fingerprint density at radius 3 is 0.912 bits per heavy atom. The molecule has 113 heavy (non-hydrogen) atoms. The van der Waals surface area contributed by atoms with Crippen molar-refractivity contribution in [3.63, 3.8) is 0 Å². The summed E-state index contributed by atoms with van der Waals surface area (Å²) in [6.45, 7) is 70.8. The molecule has 13 aromatic rings. The highest BCUT2D eigenvalue weighted by Crippen LogP contribution is 1.97. The fraction of sp³-hybridized carbons (Fsp3) is 0.452. The van der Waals surface area contributed by atoms with Crippen molar-refractivity contribution in [3.05, 3.63) is 279 Å². The summed E-state index contributed by atoms with van der Waals surface area (Å²) in [5.41, 5.74) is 9.03. The van der Waals surface area contributed by atoms with Gasteiger partial charge in [0.15, 0.2) is 5.76 Å². The Bertz CT molecular complexity index is 2850. The van der Waals surface area contributed by atoms with E-state index >= 15 is 0 Å². The lowest BCUT2D eigenvalue weighted by molar-refractivity contribution is 0.373. The van der Waals surface area contributed by atoms with Crippen LogP contribution in [0.3, 0.4) is 0 Å². The molecule has 13 aromatic heterocycles. The van der Waals surface area contributed by atoms with Gasteiger partial charge in [-0.25, -0.2) is 44.9 Å². The first kappa shape index (κ1) is 128. The average molecular weight is 1570 g/mol. The zero-order valence-electron chi connectivity index (χ0n) is 76.6. The minimum absolute atomic E-state index is 0.711. The molecule has 13 rings (SSSR count). The van der Waals surface area contributed by atoms with Crippen molar-refractivity contribution in [1.29, 1.82) is 0 Å². The molecule has 29 nitrogen and oxygen atoms in total. The maximum atomic E-state index is 4.60. The molecular weight excluding hydrogens is 1420 g/mol. The Morgan fingerprint density at radius 2 is 0.726 bits per heavy atom. The second-order valence-electron chi connectivity index (χ2n) is 17.2. The van der Waals surface area contributed by atoms with E-state index in [-0.39, 0.29) is 0 Å². The zero-order valence-corrected chi connectivity index (χ0v) is 76.6. The molecule has 0 saturated carbocycles. The van der Waals surface area contributed by atoms with Crippen molar-refractivity contribution < 1.29 is 4.52 Å². The fourth-order valence-electron chi connectivity index (χ4n) is 4.54. The maximum Gasteiger partial charge on any atom is 0.156 e. The van der Waals surface area contributed by atoms with E-state index in [9.17, 15) is 0 Å². The van der Waals surface area contributed by atoms with Crippen LogP contribution >= 0.6 is 0 Å². The molecule has 0 aliphatic rings. The summed E-state index contributed by atoms with van der Waals surface area (Å²) in [6, 6.07) is 21.1. The number of rotatable bonds is 0. The summed E-state index contributed by atoms with van der Waals surface area (Å²) in [5, 5.41) is 46.7. The predicted octanol–water partition coefficient (Wildman–Crippen LogP) is 20.5. The van der Waals surface area contributed by atoms with Crippen molar-refractivity contribution in [2.24, 2.45) is 14.1 Å². The number of hydrogen-bond donors (Lipinski definition) is 0. The third-order valence-electron chi connectivity index (χ3n) is 9.01. The quantitative estimate of drug-likeness (QED) is 0.136. The first-order chi connectivity index (χ1) is 55.0. The second kappa shape index (κ2) is 119. The van der Waals surface area contributed by atoms with Gasteiger partial charge >= 0.3 is 0 Å². The van der Waals surface area contributed by atoms with Crippen LogP contribution in [0.5, 0.6) is 0 Å². The van der Waals surface area contributed by atoms with Gasteiger partial charge in [-0.2, -0.15) is 35.7 Å². The maximum absolute atomic E-state index is 4.60. The molecule has 0 bridgehead atoms. The molecule has 0 unspecified atom stereocenters. The first-order valence-corrected chi connectivity index (χ1v) is 38.7. The Labute approximate surface area is 683 Å². The zero-order chi connectivity index (χ0) is 89.2. The predicted molar refractivity (Wildman–Crippen MR) is 470 cm³/mol. The summed E-state index contributed by atoms with van der Waals surface area (Å²) in [5.74, 6) is 2.32. The molecule has 0 fully saturated rings. The highest BCUT2D eigenvalue weighted by atomic mass is 16.5. The van der Waals surface area contributed by atoms with Gasteiger partial charge in [-0.05, 0) is 149 Å². The van der Waals surface area contributed by atoms with E-state index in [0.29, 0.717) is 5.82 Å². The lowest BCUT2D eigenvalue weighted by Crippen LogP contribution is -1.85. The van der Waals surface area contributed by atoms with E-state index in [1.165, 1.54) is 25.3 Å². The molecule has 13 heterocycles. The summed E-state index contributed by atoms with van der Waals surface area (Å²) in [7, 11) is 3.70. The van der Waals surface area contributed by atoms with Crippen LogP contribution in [-0.2, 0) is 14.1 Å². The van der Waals surface area contributed by atoms with E-state index < -0.39 is 0 Å². The van der Waals surface area contributed by atoms with Gasteiger partial charge in [0.05, 0.1) is 35.7 Å². The van der Waals surface area contributed by atoms with Crippen LogP contribution in [0.2, 0.25) is 0 Å². The van der Waals surface area contributed by atoms with Gasteiger partial charge in [0.2, 0.25) is 0 Å². The normalized spacial score (nSPS) is 7.56. The van der Waals surface area contributed by atoms with Crippen molar-refractivity contribution in [1.82, 2.24) is 140 Å². The van der Waals surface area contributed by atoms with E-state index in [1.54, 1.807) is 140 Å². The molecule has 0 radical (unpaired) electrons. The van der Waals surface area contributed by atoms with Crippen LogP contribution in [-0.4, -0.2) is 140 Å². The van der Waals surface area contributed by atoms with Crippen molar-refractivity contribution in [2.75, 3.05) is 0 Å². The molecule has 0 aliphatic carbocycles. The number of pyridine rings is 2. The van der Waals surface area contributed by atoms with E-state index in [4.69, 9.17) is 0 Å². The number of nitrogens with zero attached hydrogens (tertiary/aromatic N) is 28. The molecule has 0 aromatic carbocycles. The Balaban J connectivity index is -0.0000000956. The SMILES string of the molecule is CC.CC.CC.CC.CC.CC.CC.CC.CC.CC.CC.CC.Cc1ccccn1.Cc1ccccn1.Cc1cccnn1.Cc1ccncn1.Cc1ccnnc1.Cc1cnccn1.Cc1cncnc1.Cc1cncnn1.Cc1ncccn1.Cc1nccnn1.Cc1nnoc1C.Cn1cncn1.Cn1cnnc1. The molecule has 0 saturated heterocycles. The van der Waals surface area contributed by atoms with Gasteiger partial charge in [0.25, 0.3) is 0 Å². The van der Waals surface area contributed by atoms with E-state index in [1.807, 2.05) is 317 Å².